The molecule has 2 heterocycles. The summed E-state index contributed by atoms with van der Waals surface area (Å²) >= 11 is 0. The first-order chi connectivity index (χ1) is 10.2. The Morgan fingerprint density at radius 1 is 1.52 bits per heavy atom. The van der Waals surface area contributed by atoms with Crippen LogP contribution in [0.1, 0.15) is 29.6 Å². The molecule has 1 fully saturated rings. The molecular formula is C15H20N2O4. The molecule has 1 saturated heterocycles. The molecule has 0 aliphatic carbocycles. The SMILES string of the molecule is COC(=O)CCN(C[C@H]1CCCO1)C(=O)c1cccnc1. The van der Waals surface area contributed by atoms with Gasteiger partial charge in [-0.15, -0.1) is 0 Å². The van der Waals surface area contributed by atoms with Crippen LogP contribution in [0.5, 0.6) is 0 Å². The molecule has 0 N–H and O–H groups in total. The van der Waals surface area contributed by atoms with Gasteiger partial charge in [-0.2, -0.15) is 0 Å². The number of nitrogens with zero attached hydrogens (tertiary/aromatic N) is 2. The van der Waals surface area contributed by atoms with Crippen molar-refractivity contribution in [1.82, 2.24) is 9.88 Å². The van der Waals surface area contributed by atoms with E-state index in [1.807, 2.05) is 0 Å². The van der Waals surface area contributed by atoms with Crippen molar-refractivity contribution in [2.45, 2.75) is 25.4 Å². The Labute approximate surface area is 124 Å². The van der Waals surface area contributed by atoms with Gasteiger partial charge in [0.1, 0.15) is 0 Å². The topological polar surface area (TPSA) is 68.7 Å². The number of pyridine rings is 1. The molecular weight excluding hydrogens is 272 g/mol. The second-order valence-electron chi connectivity index (χ2n) is 4.95. The van der Waals surface area contributed by atoms with Gasteiger partial charge < -0.3 is 14.4 Å². The molecule has 0 saturated carbocycles. The third-order valence-corrected chi connectivity index (χ3v) is 3.46. The van der Waals surface area contributed by atoms with Crippen molar-refractivity contribution in [3.63, 3.8) is 0 Å². The third kappa shape index (κ3) is 4.53. The molecule has 2 rings (SSSR count). The molecule has 1 aliphatic rings. The number of carbonyl (C=O) groups excluding carboxylic acids is 2. The van der Waals surface area contributed by atoms with Crippen LogP contribution in [0.3, 0.4) is 0 Å². The number of esters is 1. The molecule has 1 aromatic heterocycles. The van der Waals surface area contributed by atoms with Crippen molar-refractivity contribution < 1.29 is 19.1 Å². The minimum absolute atomic E-state index is 0.0447. The minimum Gasteiger partial charge on any atom is -0.469 e. The van der Waals surface area contributed by atoms with Gasteiger partial charge in [-0.1, -0.05) is 0 Å². The highest BCUT2D eigenvalue weighted by molar-refractivity contribution is 5.94. The summed E-state index contributed by atoms with van der Waals surface area (Å²) in [5, 5.41) is 0. The van der Waals surface area contributed by atoms with E-state index >= 15 is 0 Å². The Morgan fingerprint density at radius 3 is 3.00 bits per heavy atom. The largest absolute Gasteiger partial charge is 0.469 e. The lowest BCUT2D eigenvalue weighted by Crippen LogP contribution is -2.39. The van der Waals surface area contributed by atoms with Crippen LogP contribution in [0.15, 0.2) is 24.5 Å². The van der Waals surface area contributed by atoms with Crippen LogP contribution in [-0.4, -0.2) is 54.7 Å². The zero-order valence-electron chi connectivity index (χ0n) is 12.2. The lowest BCUT2D eigenvalue weighted by molar-refractivity contribution is -0.140. The van der Waals surface area contributed by atoms with E-state index in [9.17, 15) is 9.59 Å². The Hall–Kier alpha value is -1.95. The van der Waals surface area contributed by atoms with Crippen molar-refractivity contribution in [3.8, 4) is 0 Å². The van der Waals surface area contributed by atoms with Gasteiger partial charge in [0.2, 0.25) is 0 Å². The summed E-state index contributed by atoms with van der Waals surface area (Å²) in [5.41, 5.74) is 0.514. The molecule has 1 aromatic rings. The lowest BCUT2D eigenvalue weighted by atomic mass is 10.2. The van der Waals surface area contributed by atoms with Crippen LogP contribution >= 0.6 is 0 Å². The maximum atomic E-state index is 12.5. The fourth-order valence-electron chi connectivity index (χ4n) is 2.31. The van der Waals surface area contributed by atoms with Gasteiger partial charge in [0.15, 0.2) is 0 Å². The van der Waals surface area contributed by atoms with Crippen LogP contribution in [0.4, 0.5) is 0 Å². The van der Waals surface area contributed by atoms with Crippen molar-refractivity contribution in [1.29, 1.82) is 0 Å². The summed E-state index contributed by atoms with van der Waals surface area (Å²) in [5.74, 6) is -0.464. The molecule has 0 spiro atoms. The first-order valence-electron chi connectivity index (χ1n) is 7.08. The smallest absolute Gasteiger partial charge is 0.307 e. The van der Waals surface area contributed by atoms with Crippen molar-refractivity contribution in [2.75, 3.05) is 26.8 Å². The molecule has 0 unspecified atom stereocenters. The molecule has 6 heteroatoms. The molecule has 1 amide bonds. The highest BCUT2D eigenvalue weighted by Gasteiger charge is 2.24. The quantitative estimate of drug-likeness (QED) is 0.738. The van der Waals surface area contributed by atoms with Crippen LogP contribution in [0.25, 0.3) is 0 Å². The van der Waals surface area contributed by atoms with E-state index in [2.05, 4.69) is 9.72 Å². The van der Waals surface area contributed by atoms with E-state index in [4.69, 9.17) is 4.74 Å². The zero-order valence-corrected chi connectivity index (χ0v) is 12.2. The number of aromatic nitrogens is 1. The lowest BCUT2D eigenvalue weighted by Gasteiger charge is -2.25. The summed E-state index contributed by atoms with van der Waals surface area (Å²) in [6.07, 6.45) is 5.32. The highest BCUT2D eigenvalue weighted by Crippen LogP contribution is 2.15. The summed E-state index contributed by atoms with van der Waals surface area (Å²) in [7, 11) is 1.34. The van der Waals surface area contributed by atoms with E-state index in [-0.39, 0.29) is 24.4 Å². The summed E-state index contributed by atoms with van der Waals surface area (Å²) in [6, 6.07) is 3.44. The molecule has 0 bridgehead atoms. The van der Waals surface area contributed by atoms with Gasteiger partial charge in [-0.3, -0.25) is 14.6 Å². The number of hydrogen-bond donors (Lipinski definition) is 0. The number of carbonyl (C=O) groups is 2. The first kappa shape index (κ1) is 15.4. The average molecular weight is 292 g/mol. The predicted molar refractivity (Wildman–Crippen MR) is 75.7 cm³/mol. The number of methoxy groups -OCH3 is 1. The Morgan fingerprint density at radius 2 is 2.38 bits per heavy atom. The Balaban J connectivity index is 2.02. The number of ether oxygens (including phenoxy) is 2. The maximum Gasteiger partial charge on any atom is 0.307 e. The molecule has 21 heavy (non-hydrogen) atoms. The second kappa shape index (κ2) is 7.73. The standard InChI is InChI=1S/C15H20N2O4/c1-20-14(18)6-8-17(11-13-5-3-9-21-13)15(19)12-4-2-7-16-10-12/h2,4,7,10,13H,3,5-6,8-9,11H2,1H3/t13-/m1/s1. The summed E-state index contributed by atoms with van der Waals surface area (Å²) in [6.45, 7) is 1.54. The fraction of sp³-hybridized carbons (Fsp3) is 0.533. The molecule has 0 radical (unpaired) electrons. The van der Waals surface area contributed by atoms with Gasteiger partial charge in [0.05, 0.1) is 25.2 Å². The van der Waals surface area contributed by atoms with Crippen molar-refractivity contribution >= 4 is 11.9 Å². The highest BCUT2D eigenvalue weighted by atomic mass is 16.5. The molecule has 1 aliphatic heterocycles. The molecule has 1 atom stereocenters. The van der Waals surface area contributed by atoms with Crippen LogP contribution < -0.4 is 0 Å². The molecule has 6 nitrogen and oxygen atoms in total. The summed E-state index contributed by atoms with van der Waals surface area (Å²) in [4.78, 5) is 29.4. The zero-order chi connectivity index (χ0) is 15.1. The maximum absolute atomic E-state index is 12.5. The third-order valence-electron chi connectivity index (χ3n) is 3.46. The number of hydrogen-bond acceptors (Lipinski definition) is 5. The van der Waals surface area contributed by atoms with Crippen molar-refractivity contribution in [2.24, 2.45) is 0 Å². The normalized spacial score (nSPS) is 17.5. The van der Waals surface area contributed by atoms with Gasteiger partial charge in [0.25, 0.3) is 5.91 Å². The molecule has 114 valence electrons. The van der Waals surface area contributed by atoms with Crippen LogP contribution in [-0.2, 0) is 14.3 Å². The minimum atomic E-state index is -0.327. The van der Waals surface area contributed by atoms with Crippen LogP contribution in [0, 0.1) is 0 Å². The second-order valence-corrected chi connectivity index (χ2v) is 4.95. The number of amides is 1. The monoisotopic (exact) mass is 292 g/mol. The van der Waals surface area contributed by atoms with E-state index in [0.29, 0.717) is 18.7 Å². The van der Waals surface area contributed by atoms with Gasteiger partial charge in [-0.05, 0) is 25.0 Å². The Bertz CT molecular complexity index is 472. The van der Waals surface area contributed by atoms with E-state index in [1.54, 1.807) is 23.2 Å². The van der Waals surface area contributed by atoms with E-state index in [1.165, 1.54) is 13.3 Å². The van der Waals surface area contributed by atoms with E-state index < -0.39 is 0 Å². The van der Waals surface area contributed by atoms with Gasteiger partial charge in [0, 0.05) is 32.1 Å². The molecule has 0 aromatic carbocycles. The van der Waals surface area contributed by atoms with E-state index in [0.717, 1.165) is 19.4 Å². The van der Waals surface area contributed by atoms with Gasteiger partial charge >= 0.3 is 5.97 Å². The average Bonchev–Trinajstić information content (AvgIpc) is 3.04. The number of rotatable bonds is 6. The van der Waals surface area contributed by atoms with Gasteiger partial charge in [-0.25, -0.2) is 0 Å². The first-order valence-corrected chi connectivity index (χ1v) is 7.08. The van der Waals surface area contributed by atoms with Crippen molar-refractivity contribution in [3.05, 3.63) is 30.1 Å². The predicted octanol–water partition coefficient (Wildman–Crippen LogP) is 1.27. The summed E-state index contributed by atoms with van der Waals surface area (Å²) < 4.78 is 10.2. The fourth-order valence-corrected chi connectivity index (χ4v) is 2.31. The Kier molecular flexibility index (Phi) is 5.68. The van der Waals surface area contributed by atoms with Crippen LogP contribution in [0.2, 0.25) is 0 Å².